The third-order valence-electron chi connectivity index (χ3n) is 3.33. The van der Waals surface area contributed by atoms with Crippen molar-refractivity contribution >= 4 is 29.2 Å². The van der Waals surface area contributed by atoms with E-state index in [1.54, 1.807) is 20.8 Å². The van der Waals surface area contributed by atoms with Crippen molar-refractivity contribution in [3.05, 3.63) is 0 Å². The maximum atomic E-state index is 11.9. The largest absolute Gasteiger partial charge is 0.433 e. The highest BCUT2D eigenvalue weighted by Crippen LogP contribution is 2.45. The molecule has 5 heteroatoms. The lowest BCUT2D eigenvalue weighted by atomic mass is 9.85. The summed E-state index contributed by atoms with van der Waals surface area (Å²) in [6, 6.07) is 0. The predicted molar refractivity (Wildman–Crippen MR) is 72.9 cm³/mol. The second-order valence-corrected chi connectivity index (χ2v) is 7.12. The first-order valence-corrected chi connectivity index (χ1v) is 7.12. The number of esters is 1. The lowest BCUT2D eigenvalue weighted by Crippen LogP contribution is -2.47. The van der Waals surface area contributed by atoms with Crippen molar-refractivity contribution in [2.24, 2.45) is 17.3 Å². The van der Waals surface area contributed by atoms with Gasteiger partial charge < -0.3 is 9.47 Å². The summed E-state index contributed by atoms with van der Waals surface area (Å²) in [6.45, 7) is 9.80. The molecule has 18 heavy (non-hydrogen) atoms. The molecule has 3 nitrogen and oxygen atoms in total. The van der Waals surface area contributed by atoms with E-state index < -0.39 is 16.6 Å². The molecule has 106 valence electrons. The molecule has 3 atom stereocenters. The molecule has 1 saturated heterocycles. The van der Waals surface area contributed by atoms with E-state index in [1.807, 2.05) is 13.8 Å². The Morgan fingerprint density at radius 3 is 2.44 bits per heavy atom. The van der Waals surface area contributed by atoms with Gasteiger partial charge in [-0.3, -0.25) is 4.79 Å². The number of hydrogen-bond acceptors (Lipinski definition) is 3. The summed E-state index contributed by atoms with van der Waals surface area (Å²) >= 11 is 12.6. The zero-order valence-corrected chi connectivity index (χ0v) is 13.1. The first kappa shape index (κ1) is 16.1. The number of carbonyl (C=O) groups is 1. The Hall–Kier alpha value is 0.01000. The van der Waals surface area contributed by atoms with Gasteiger partial charge in [0.15, 0.2) is 0 Å². The molecule has 1 rings (SSSR count). The van der Waals surface area contributed by atoms with E-state index >= 15 is 0 Å². The Kier molecular flexibility index (Phi) is 4.96. The average molecular weight is 297 g/mol. The van der Waals surface area contributed by atoms with Crippen molar-refractivity contribution < 1.29 is 14.3 Å². The first-order valence-electron chi connectivity index (χ1n) is 6.21. The van der Waals surface area contributed by atoms with Crippen LogP contribution in [0.25, 0.3) is 0 Å². The Balaban J connectivity index is 2.86. The highest BCUT2D eigenvalue weighted by Gasteiger charge is 2.54. The normalized spacial score (nSPS) is 32.9. The van der Waals surface area contributed by atoms with Gasteiger partial charge in [0, 0.05) is 11.8 Å². The van der Waals surface area contributed by atoms with Gasteiger partial charge in [0.2, 0.25) is 6.29 Å². The van der Waals surface area contributed by atoms with Gasteiger partial charge in [0.05, 0.1) is 12.0 Å². The quantitative estimate of drug-likeness (QED) is 0.591. The van der Waals surface area contributed by atoms with Crippen LogP contribution in [0.4, 0.5) is 0 Å². The van der Waals surface area contributed by atoms with Crippen molar-refractivity contribution in [2.45, 2.75) is 45.8 Å². The molecule has 3 unspecified atom stereocenters. The van der Waals surface area contributed by atoms with E-state index in [4.69, 9.17) is 32.7 Å². The lowest BCUT2D eigenvalue weighted by molar-refractivity contribution is -0.184. The predicted octanol–water partition coefficient (Wildman–Crippen LogP) is 3.42. The molecule has 0 aromatic carbocycles. The number of alkyl halides is 2. The Bertz CT molecular complexity index is 312. The minimum atomic E-state index is -0.747. The van der Waals surface area contributed by atoms with E-state index in [1.165, 1.54) is 0 Å². The molecule has 0 aromatic heterocycles. The summed E-state index contributed by atoms with van der Waals surface area (Å²) < 4.78 is 11.0. The van der Waals surface area contributed by atoms with E-state index in [9.17, 15) is 4.79 Å². The molecule has 0 saturated carbocycles. The summed E-state index contributed by atoms with van der Waals surface area (Å²) in [5.41, 5.74) is -0.572. The zero-order chi connectivity index (χ0) is 14.1. The average Bonchev–Trinajstić information content (AvgIpc) is 2.56. The molecule has 0 N–H and O–H groups in total. The topological polar surface area (TPSA) is 35.5 Å². The van der Waals surface area contributed by atoms with Gasteiger partial charge in [0.1, 0.15) is 4.87 Å². The van der Waals surface area contributed by atoms with E-state index in [-0.39, 0.29) is 17.8 Å². The number of ether oxygens (including phenoxy) is 2. The fourth-order valence-corrected chi connectivity index (χ4v) is 2.63. The van der Waals surface area contributed by atoms with Crippen molar-refractivity contribution in [3.63, 3.8) is 0 Å². The van der Waals surface area contributed by atoms with Crippen molar-refractivity contribution in [3.8, 4) is 0 Å². The van der Waals surface area contributed by atoms with Crippen molar-refractivity contribution in [1.29, 1.82) is 0 Å². The minimum absolute atomic E-state index is 0.0152. The smallest absolute Gasteiger partial charge is 0.313 e. The minimum Gasteiger partial charge on any atom is -0.433 e. The van der Waals surface area contributed by atoms with Crippen LogP contribution < -0.4 is 0 Å². The lowest BCUT2D eigenvalue weighted by Gasteiger charge is -2.35. The fraction of sp³-hybridized carbons (Fsp3) is 0.923. The van der Waals surface area contributed by atoms with Crippen LogP contribution >= 0.6 is 23.2 Å². The summed E-state index contributed by atoms with van der Waals surface area (Å²) in [6.07, 6.45) is -0.727. The maximum Gasteiger partial charge on any atom is 0.313 e. The van der Waals surface area contributed by atoms with Gasteiger partial charge in [0.25, 0.3) is 0 Å². The second kappa shape index (κ2) is 5.56. The van der Waals surface area contributed by atoms with Crippen LogP contribution in [-0.4, -0.2) is 29.6 Å². The van der Waals surface area contributed by atoms with Crippen LogP contribution in [0.2, 0.25) is 0 Å². The molecule has 0 aromatic rings. The van der Waals surface area contributed by atoms with E-state index in [2.05, 4.69) is 0 Å². The van der Waals surface area contributed by atoms with Gasteiger partial charge in [-0.1, -0.05) is 13.8 Å². The molecule has 1 heterocycles. The second-order valence-electron chi connectivity index (χ2n) is 6.15. The van der Waals surface area contributed by atoms with Crippen molar-refractivity contribution in [1.82, 2.24) is 0 Å². The van der Waals surface area contributed by atoms with E-state index in [0.29, 0.717) is 12.5 Å². The molecule has 0 spiro atoms. The zero-order valence-electron chi connectivity index (χ0n) is 11.6. The monoisotopic (exact) mass is 296 g/mol. The maximum absolute atomic E-state index is 11.9. The van der Waals surface area contributed by atoms with Crippen LogP contribution in [-0.2, 0) is 14.3 Å². The van der Waals surface area contributed by atoms with Crippen LogP contribution in [0.5, 0.6) is 0 Å². The number of halogens is 2. The van der Waals surface area contributed by atoms with Gasteiger partial charge in [-0.25, -0.2) is 0 Å². The van der Waals surface area contributed by atoms with Crippen LogP contribution in [0.1, 0.15) is 34.6 Å². The summed E-state index contributed by atoms with van der Waals surface area (Å²) in [4.78, 5) is 11.2. The van der Waals surface area contributed by atoms with Crippen LogP contribution in [0, 0.1) is 17.3 Å². The Labute approximate surface area is 119 Å². The van der Waals surface area contributed by atoms with Crippen LogP contribution in [0.3, 0.4) is 0 Å². The highest BCUT2D eigenvalue weighted by atomic mass is 35.5. The first-order chi connectivity index (χ1) is 8.14. The molecule has 1 aliphatic heterocycles. The highest BCUT2D eigenvalue weighted by molar-refractivity contribution is 6.26. The third kappa shape index (κ3) is 2.94. The molecule has 0 aliphatic carbocycles. The molecule has 1 aliphatic rings. The fourth-order valence-electron chi connectivity index (χ4n) is 1.96. The Morgan fingerprint density at radius 2 is 2.06 bits per heavy atom. The number of carbonyl (C=O) groups excluding carboxylic acids is 1. The molecule has 1 fully saturated rings. The van der Waals surface area contributed by atoms with Gasteiger partial charge in [-0.15, -0.1) is 23.2 Å². The molecular formula is C13H22Cl2O3. The summed E-state index contributed by atoms with van der Waals surface area (Å²) in [5.74, 6) is 0.167. The summed E-state index contributed by atoms with van der Waals surface area (Å²) in [7, 11) is 0. The Morgan fingerprint density at radius 1 is 1.50 bits per heavy atom. The van der Waals surface area contributed by atoms with Crippen molar-refractivity contribution in [2.75, 3.05) is 12.5 Å². The standard InChI is InChI=1S/C13H22Cl2O3/c1-8(2)13(15)9(6-14)7-17-11(13)18-10(16)12(3,4)5/h8-9,11H,6-7H2,1-5H3. The van der Waals surface area contributed by atoms with Gasteiger partial charge in [-0.2, -0.15) is 0 Å². The SMILES string of the molecule is CC(C)C1(Cl)C(CCl)COC1OC(=O)C(C)(C)C. The van der Waals surface area contributed by atoms with Crippen LogP contribution in [0.15, 0.2) is 0 Å². The number of hydrogen-bond donors (Lipinski definition) is 0. The molecule has 0 radical (unpaired) electrons. The summed E-state index contributed by atoms with van der Waals surface area (Å²) in [5, 5.41) is 0. The van der Waals surface area contributed by atoms with Gasteiger partial charge >= 0.3 is 5.97 Å². The third-order valence-corrected chi connectivity index (χ3v) is 4.63. The number of rotatable bonds is 3. The molecule has 0 amide bonds. The molecular weight excluding hydrogens is 275 g/mol. The van der Waals surface area contributed by atoms with Gasteiger partial charge in [-0.05, 0) is 26.7 Å². The van der Waals surface area contributed by atoms with E-state index in [0.717, 1.165) is 0 Å². The molecule has 0 bridgehead atoms.